The molecule has 45 heavy (non-hydrogen) atoms. The molecular formula is C34H28F3N3O5. The number of benzene rings is 4. The highest BCUT2D eigenvalue weighted by atomic mass is 19.4. The molecule has 0 aliphatic carbocycles. The molecule has 8 nitrogen and oxygen atoms in total. The lowest BCUT2D eigenvalue weighted by molar-refractivity contribution is -0.137. The van der Waals surface area contributed by atoms with Crippen LogP contribution in [0.4, 0.5) is 18.9 Å². The molecule has 1 aromatic heterocycles. The average molecular weight is 616 g/mol. The zero-order chi connectivity index (χ0) is 32.3. The summed E-state index contributed by atoms with van der Waals surface area (Å²) in [6, 6.07) is 23.5. The quantitative estimate of drug-likeness (QED) is 0.180. The first-order valence-corrected chi connectivity index (χ1v) is 13.7. The van der Waals surface area contributed by atoms with Crippen LogP contribution in [0.15, 0.2) is 91.0 Å². The molecule has 0 aliphatic rings. The Morgan fingerprint density at radius 2 is 1.40 bits per heavy atom. The highest BCUT2D eigenvalue weighted by Gasteiger charge is 2.30. The summed E-state index contributed by atoms with van der Waals surface area (Å²) in [7, 11) is 3.07. The van der Waals surface area contributed by atoms with E-state index in [9.17, 15) is 22.8 Å². The minimum Gasteiger partial charge on any atom is -0.497 e. The van der Waals surface area contributed by atoms with Crippen molar-refractivity contribution >= 4 is 17.6 Å². The number of rotatable bonds is 8. The van der Waals surface area contributed by atoms with E-state index in [1.807, 2.05) is 31.2 Å². The van der Waals surface area contributed by atoms with Gasteiger partial charge in [0.05, 0.1) is 31.0 Å². The van der Waals surface area contributed by atoms with E-state index in [0.29, 0.717) is 45.3 Å². The van der Waals surface area contributed by atoms with Crippen LogP contribution < -0.4 is 19.5 Å². The summed E-state index contributed by atoms with van der Waals surface area (Å²) in [5.74, 6) is 0.0870. The Labute approximate surface area is 257 Å². The Morgan fingerprint density at radius 1 is 0.800 bits per heavy atom. The molecule has 5 rings (SSSR count). The molecule has 0 fully saturated rings. The van der Waals surface area contributed by atoms with Crippen molar-refractivity contribution in [1.82, 2.24) is 9.78 Å². The molecule has 0 aliphatic heterocycles. The third-order valence-corrected chi connectivity index (χ3v) is 6.89. The van der Waals surface area contributed by atoms with E-state index >= 15 is 0 Å². The van der Waals surface area contributed by atoms with Crippen molar-refractivity contribution in [3.8, 4) is 45.5 Å². The van der Waals surface area contributed by atoms with E-state index in [2.05, 4.69) is 5.32 Å². The first kappa shape index (κ1) is 30.9. The molecule has 0 bridgehead atoms. The van der Waals surface area contributed by atoms with Crippen molar-refractivity contribution in [1.29, 1.82) is 0 Å². The molecule has 0 saturated heterocycles. The van der Waals surface area contributed by atoms with E-state index < -0.39 is 23.6 Å². The van der Waals surface area contributed by atoms with E-state index in [0.717, 1.165) is 29.8 Å². The lowest BCUT2D eigenvalue weighted by Gasteiger charge is -2.12. The Morgan fingerprint density at radius 3 is 1.93 bits per heavy atom. The largest absolute Gasteiger partial charge is 0.497 e. The predicted octanol–water partition coefficient (Wildman–Crippen LogP) is 7.73. The van der Waals surface area contributed by atoms with Crippen molar-refractivity contribution in [3.05, 3.63) is 108 Å². The molecule has 0 saturated carbocycles. The molecule has 0 atom stereocenters. The lowest BCUT2D eigenvalue weighted by atomic mass is 10.0. The second-order valence-electron chi connectivity index (χ2n) is 10.1. The van der Waals surface area contributed by atoms with Gasteiger partial charge in [-0.05, 0) is 73.2 Å². The number of aryl methyl sites for hydroxylation is 1. The van der Waals surface area contributed by atoms with Crippen LogP contribution in [-0.4, -0.2) is 35.9 Å². The van der Waals surface area contributed by atoms with Crippen LogP contribution in [0.3, 0.4) is 0 Å². The van der Waals surface area contributed by atoms with Gasteiger partial charge < -0.3 is 19.5 Å². The van der Waals surface area contributed by atoms with Gasteiger partial charge in [-0.2, -0.15) is 23.0 Å². The van der Waals surface area contributed by atoms with E-state index in [1.165, 1.54) is 25.8 Å². The van der Waals surface area contributed by atoms with E-state index in [1.54, 1.807) is 42.5 Å². The molecule has 11 heteroatoms. The smallest absolute Gasteiger partial charge is 0.416 e. The molecule has 4 aromatic carbocycles. The lowest BCUT2D eigenvalue weighted by Crippen LogP contribution is -2.12. The van der Waals surface area contributed by atoms with Gasteiger partial charge in [-0.15, -0.1) is 0 Å². The maximum Gasteiger partial charge on any atom is 0.416 e. The van der Waals surface area contributed by atoms with Crippen LogP contribution >= 0.6 is 0 Å². The van der Waals surface area contributed by atoms with Crippen LogP contribution in [-0.2, 0) is 11.0 Å². The third-order valence-electron chi connectivity index (χ3n) is 6.89. The van der Waals surface area contributed by atoms with Crippen molar-refractivity contribution in [2.75, 3.05) is 19.5 Å². The van der Waals surface area contributed by atoms with Crippen molar-refractivity contribution in [2.24, 2.45) is 0 Å². The second-order valence-corrected chi connectivity index (χ2v) is 10.1. The SMILES string of the molecule is COc1cc(OC)cc(-c2nn(-c3ccc(C)cc3)c(OC(C)=O)c2-c2ccc(NC(=O)c3ccc(C(F)(F)F)cc3)cc2)c1. The van der Waals surface area contributed by atoms with E-state index in [4.69, 9.17) is 19.3 Å². The number of alkyl halides is 3. The van der Waals surface area contributed by atoms with Crippen molar-refractivity contribution in [2.45, 2.75) is 20.0 Å². The van der Waals surface area contributed by atoms with Crippen molar-refractivity contribution in [3.63, 3.8) is 0 Å². The summed E-state index contributed by atoms with van der Waals surface area (Å²) in [5.41, 5.74) is 3.49. The number of hydrogen-bond acceptors (Lipinski definition) is 6. The summed E-state index contributed by atoms with van der Waals surface area (Å²) < 4.78 is 57.0. The Balaban J connectivity index is 1.59. The molecule has 0 spiro atoms. The number of nitrogens with one attached hydrogen (secondary N) is 1. The normalized spacial score (nSPS) is 11.2. The van der Waals surface area contributed by atoms with Gasteiger partial charge in [0.15, 0.2) is 0 Å². The molecule has 1 amide bonds. The van der Waals surface area contributed by atoms with Gasteiger partial charge in [0.1, 0.15) is 17.2 Å². The highest BCUT2D eigenvalue weighted by molar-refractivity contribution is 6.04. The van der Waals surface area contributed by atoms with Crippen LogP contribution in [0.2, 0.25) is 0 Å². The fraction of sp³-hybridized carbons (Fsp3) is 0.147. The van der Waals surface area contributed by atoms with Gasteiger partial charge in [-0.1, -0.05) is 29.8 Å². The van der Waals surface area contributed by atoms with E-state index in [-0.39, 0.29) is 11.4 Å². The molecule has 0 radical (unpaired) electrons. The number of amides is 1. The van der Waals surface area contributed by atoms with Gasteiger partial charge >= 0.3 is 12.1 Å². The fourth-order valence-corrected chi connectivity index (χ4v) is 4.63. The summed E-state index contributed by atoms with van der Waals surface area (Å²) in [4.78, 5) is 25.1. The maximum absolute atomic E-state index is 12.9. The Hall–Kier alpha value is -5.58. The van der Waals surface area contributed by atoms with Gasteiger partial charge in [-0.25, -0.2) is 0 Å². The first-order chi connectivity index (χ1) is 21.5. The molecular weight excluding hydrogens is 587 g/mol. The van der Waals surface area contributed by atoms with Crippen LogP contribution in [0.25, 0.3) is 28.1 Å². The number of ether oxygens (including phenoxy) is 3. The second kappa shape index (κ2) is 12.6. The molecule has 1 heterocycles. The average Bonchev–Trinajstić information content (AvgIpc) is 3.39. The van der Waals surface area contributed by atoms with Crippen LogP contribution in [0.1, 0.15) is 28.4 Å². The number of halogens is 3. The standard InChI is InChI=1S/C34H28F3N3O5/c1-20-5-15-27(16-6-20)40-33(45-21(2)41)30(31(39-40)24-17-28(43-3)19-29(18-24)44-4)22-9-13-26(14-10-22)38-32(42)23-7-11-25(12-8-23)34(35,36)37/h5-19H,1-4H3,(H,38,42). The molecule has 230 valence electrons. The zero-order valence-corrected chi connectivity index (χ0v) is 24.7. The molecule has 1 N–H and O–H groups in total. The topological polar surface area (TPSA) is 91.7 Å². The Bertz CT molecular complexity index is 1820. The van der Waals surface area contributed by atoms with Gasteiger partial charge in [0, 0.05) is 29.8 Å². The van der Waals surface area contributed by atoms with Gasteiger partial charge in [0.25, 0.3) is 5.91 Å². The number of carbonyl (C=O) groups is 2. The maximum atomic E-state index is 12.9. The van der Waals surface area contributed by atoms with Gasteiger partial charge in [-0.3, -0.25) is 9.59 Å². The number of carbonyl (C=O) groups excluding carboxylic acids is 2. The van der Waals surface area contributed by atoms with Gasteiger partial charge in [0.2, 0.25) is 5.88 Å². The predicted molar refractivity (Wildman–Crippen MR) is 163 cm³/mol. The third kappa shape index (κ3) is 6.82. The number of methoxy groups -OCH3 is 2. The number of nitrogens with zero attached hydrogens (tertiary/aromatic N) is 2. The fourth-order valence-electron chi connectivity index (χ4n) is 4.63. The van der Waals surface area contributed by atoms with Crippen LogP contribution in [0, 0.1) is 6.92 Å². The number of esters is 1. The minimum atomic E-state index is -4.50. The summed E-state index contributed by atoms with van der Waals surface area (Å²) in [6.45, 7) is 3.25. The number of aromatic nitrogens is 2. The summed E-state index contributed by atoms with van der Waals surface area (Å²) in [5, 5.41) is 7.57. The number of anilines is 1. The van der Waals surface area contributed by atoms with Crippen LogP contribution in [0.5, 0.6) is 17.4 Å². The molecule has 5 aromatic rings. The monoisotopic (exact) mass is 615 g/mol. The summed E-state index contributed by atoms with van der Waals surface area (Å²) >= 11 is 0. The minimum absolute atomic E-state index is 0.0675. The Kier molecular flexibility index (Phi) is 8.62. The first-order valence-electron chi connectivity index (χ1n) is 13.7. The summed E-state index contributed by atoms with van der Waals surface area (Å²) in [6.07, 6.45) is -4.50. The zero-order valence-electron chi connectivity index (χ0n) is 24.7. The van der Waals surface area contributed by atoms with Crippen molar-refractivity contribution < 1.29 is 37.0 Å². The number of hydrogen-bond donors (Lipinski definition) is 1. The highest BCUT2D eigenvalue weighted by Crippen LogP contribution is 2.43. The molecule has 0 unspecified atom stereocenters.